The lowest BCUT2D eigenvalue weighted by molar-refractivity contribution is 0.0695. The molecule has 9 heteroatoms. The predicted molar refractivity (Wildman–Crippen MR) is 110 cm³/mol. The highest BCUT2D eigenvalue weighted by molar-refractivity contribution is 6.08. The molecule has 0 aliphatic carbocycles. The number of carboxylic acid groups (broad SMARTS) is 2. The van der Waals surface area contributed by atoms with E-state index in [-0.39, 0.29) is 11.1 Å². The van der Waals surface area contributed by atoms with E-state index < -0.39 is 34.4 Å². The van der Waals surface area contributed by atoms with Crippen LogP contribution in [-0.2, 0) is 6.54 Å². The van der Waals surface area contributed by atoms with Gasteiger partial charge in [-0.3, -0.25) is 9.78 Å². The molecule has 9 nitrogen and oxygen atoms in total. The van der Waals surface area contributed by atoms with Gasteiger partial charge in [0.2, 0.25) is 0 Å². The van der Waals surface area contributed by atoms with Crippen LogP contribution in [0.25, 0.3) is 22.0 Å². The number of hydrogen-bond donors (Lipinski definition) is 4. The Morgan fingerprint density at radius 3 is 2.53 bits per heavy atom. The third-order valence-corrected chi connectivity index (χ3v) is 4.81. The van der Waals surface area contributed by atoms with Crippen molar-refractivity contribution in [2.24, 2.45) is 0 Å². The average Bonchev–Trinajstić information content (AvgIpc) is 3.09. The van der Waals surface area contributed by atoms with E-state index in [0.29, 0.717) is 6.54 Å². The van der Waals surface area contributed by atoms with Gasteiger partial charge in [-0.2, -0.15) is 0 Å². The average molecular weight is 404 g/mol. The SMILES string of the molecule is Nc1[nH]c(=O)c(C(=O)O)c(-c2ccc3c(ccn3Cc3cccnc3)c2)c1C(=O)O. The number of nitrogen functional groups attached to an aromatic ring is 1. The number of nitrogens with one attached hydrogen (secondary N) is 1. The van der Waals surface area contributed by atoms with E-state index in [1.807, 2.05) is 29.0 Å². The van der Waals surface area contributed by atoms with Crippen molar-refractivity contribution in [2.45, 2.75) is 6.54 Å². The van der Waals surface area contributed by atoms with Crippen LogP contribution < -0.4 is 11.3 Å². The number of H-pyrrole nitrogens is 1. The van der Waals surface area contributed by atoms with Crippen LogP contribution in [0.1, 0.15) is 26.3 Å². The summed E-state index contributed by atoms with van der Waals surface area (Å²) in [5, 5.41) is 19.9. The smallest absolute Gasteiger partial charge is 0.342 e. The first-order valence-electron chi connectivity index (χ1n) is 8.87. The number of hydrogen-bond acceptors (Lipinski definition) is 5. The van der Waals surface area contributed by atoms with Gasteiger partial charge in [0.25, 0.3) is 5.56 Å². The summed E-state index contributed by atoms with van der Waals surface area (Å²) >= 11 is 0. The van der Waals surface area contributed by atoms with Gasteiger partial charge in [0.1, 0.15) is 16.9 Å². The van der Waals surface area contributed by atoms with Gasteiger partial charge < -0.3 is 25.5 Å². The number of aromatic nitrogens is 3. The van der Waals surface area contributed by atoms with Crippen LogP contribution in [0.2, 0.25) is 0 Å². The third kappa shape index (κ3) is 3.18. The highest BCUT2D eigenvalue weighted by atomic mass is 16.4. The molecule has 0 amide bonds. The van der Waals surface area contributed by atoms with E-state index in [9.17, 15) is 24.6 Å². The fourth-order valence-electron chi connectivity index (χ4n) is 3.52. The largest absolute Gasteiger partial charge is 0.478 e. The number of carbonyl (C=O) groups is 2. The number of nitrogens with zero attached hydrogens (tertiary/aromatic N) is 2. The van der Waals surface area contributed by atoms with Crippen LogP contribution >= 0.6 is 0 Å². The molecule has 0 spiro atoms. The summed E-state index contributed by atoms with van der Waals surface area (Å²) in [5.74, 6) is -3.37. The molecule has 5 N–H and O–H groups in total. The molecule has 4 aromatic rings. The molecule has 3 aromatic heterocycles. The second-order valence-corrected chi connectivity index (χ2v) is 6.68. The van der Waals surface area contributed by atoms with Gasteiger partial charge >= 0.3 is 11.9 Å². The summed E-state index contributed by atoms with van der Waals surface area (Å²) in [5.41, 5.74) is 5.51. The van der Waals surface area contributed by atoms with Crippen LogP contribution in [0.3, 0.4) is 0 Å². The predicted octanol–water partition coefficient (Wildman–Crippen LogP) is 2.42. The van der Waals surface area contributed by atoms with Crippen molar-refractivity contribution in [3.8, 4) is 11.1 Å². The molecule has 1 aromatic carbocycles. The van der Waals surface area contributed by atoms with E-state index in [1.165, 1.54) is 0 Å². The second-order valence-electron chi connectivity index (χ2n) is 6.68. The van der Waals surface area contributed by atoms with Crippen LogP contribution in [0.15, 0.2) is 59.8 Å². The number of aromatic amines is 1. The lowest BCUT2D eigenvalue weighted by Gasteiger charge is -2.12. The number of rotatable bonds is 5. The summed E-state index contributed by atoms with van der Waals surface area (Å²) in [6, 6.07) is 10.6. The Bertz CT molecular complexity index is 1360. The Morgan fingerprint density at radius 1 is 1.10 bits per heavy atom. The number of aromatic carboxylic acids is 2. The molecule has 0 radical (unpaired) electrons. The summed E-state index contributed by atoms with van der Waals surface area (Å²) in [6.45, 7) is 0.579. The third-order valence-electron chi connectivity index (χ3n) is 4.81. The Labute approximate surface area is 169 Å². The second kappa shape index (κ2) is 7.21. The van der Waals surface area contributed by atoms with Gasteiger partial charge in [-0.15, -0.1) is 0 Å². The van der Waals surface area contributed by atoms with Crippen molar-refractivity contribution in [2.75, 3.05) is 5.73 Å². The molecule has 150 valence electrons. The number of nitrogens with two attached hydrogens (primary N) is 1. The maximum Gasteiger partial charge on any atom is 0.342 e. The Balaban J connectivity index is 1.90. The van der Waals surface area contributed by atoms with Crippen LogP contribution in [-0.4, -0.2) is 36.7 Å². The van der Waals surface area contributed by atoms with Crippen molar-refractivity contribution >= 4 is 28.7 Å². The Morgan fingerprint density at radius 2 is 1.87 bits per heavy atom. The first-order valence-corrected chi connectivity index (χ1v) is 8.87. The van der Waals surface area contributed by atoms with Crippen molar-refractivity contribution < 1.29 is 19.8 Å². The van der Waals surface area contributed by atoms with Crippen LogP contribution in [0.5, 0.6) is 0 Å². The molecular formula is C21H16N4O5. The van der Waals surface area contributed by atoms with E-state index in [0.717, 1.165) is 16.5 Å². The standard InChI is InChI=1S/C21H16N4O5/c22-18-16(20(27)28)15(17(21(29)30)19(26)24-18)13-3-4-14-12(8-13)5-7-25(14)10-11-2-1-6-23-9-11/h1-9H,10H2,(H,27,28)(H,29,30)(H3,22,24,26). The monoisotopic (exact) mass is 404 g/mol. The Hall–Kier alpha value is -4.40. The van der Waals surface area contributed by atoms with E-state index in [2.05, 4.69) is 9.97 Å². The molecule has 4 rings (SSSR count). The zero-order valence-electron chi connectivity index (χ0n) is 15.5. The summed E-state index contributed by atoms with van der Waals surface area (Å²) in [7, 11) is 0. The summed E-state index contributed by atoms with van der Waals surface area (Å²) in [6.07, 6.45) is 5.32. The minimum Gasteiger partial charge on any atom is -0.478 e. The normalized spacial score (nSPS) is 10.9. The molecule has 0 saturated heterocycles. The molecule has 0 aliphatic heterocycles. The number of anilines is 1. The molecule has 0 bridgehead atoms. The maximum atomic E-state index is 12.2. The molecule has 3 heterocycles. The minimum absolute atomic E-state index is 0.224. The van der Waals surface area contributed by atoms with Crippen LogP contribution in [0.4, 0.5) is 5.82 Å². The van der Waals surface area contributed by atoms with E-state index in [1.54, 1.807) is 30.6 Å². The zero-order valence-corrected chi connectivity index (χ0v) is 15.5. The maximum absolute atomic E-state index is 12.2. The lowest BCUT2D eigenvalue weighted by atomic mass is 9.94. The van der Waals surface area contributed by atoms with Crippen molar-refractivity contribution in [1.29, 1.82) is 0 Å². The summed E-state index contributed by atoms with van der Waals surface area (Å²) in [4.78, 5) is 41.9. The van der Waals surface area contributed by atoms with E-state index >= 15 is 0 Å². The Kier molecular flexibility index (Phi) is 4.55. The van der Waals surface area contributed by atoms with Gasteiger partial charge in [0.05, 0.1) is 0 Å². The summed E-state index contributed by atoms with van der Waals surface area (Å²) < 4.78 is 1.98. The number of fused-ring (bicyclic) bond motifs is 1. The molecule has 0 saturated carbocycles. The number of pyridine rings is 2. The zero-order chi connectivity index (χ0) is 21.4. The van der Waals surface area contributed by atoms with Gasteiger partial charge in [-0.05, 0) is 35.4 Å². The molecular weight excluding hydrogens is 388 g/mol. The fraction of sp³-hybridized carbons (Fsp3) is 0.0476. The van der Waals surface area contributed by atoms with Crippen molar-refractivity contribution in [3.05, 3.63) is 82.0 Å². The lowest BCUT2D eigenvalue weighted by Crippen LogP contribution is -2.24. The van der Waals surface area contributed by atoms with Crippen molar-refractivity contribution in [1.82, 2.24) is 14.5 Å². The van der Waals surface area contributed by atoms with E-state index in [4.69, 9.17) is 5.73 Å². The van der Waals surface area contributed by atoms with Crippen LogP contribution in [0, 0.1) is 0 Å². The molecule has 30 heavy (non-hydrogen) atoms. The molecule has 0 fully saturated rings. The van der Waals surface area contributed by atoms with Gasteiger partial charge in [-0.1, -0.05) is 12.1 Å². The minimum atomic E-state index is -1.54. The van der Waals surface area contributed by atoms with Gasteiger partial charge in [0, 0.05) is 41.6 Å². The highest BCUT2D eigenvalue weighted by Gasteiger charge is 2.26. The van der Waals surface area contributed by atoms with Crippen molar-refractivity contribution in [3.63, 3.8) is 0 Å². The number of benzene rings is 1. The highest BCUT2D eigenvalue weighted by Crippen LogP contribution is 2.32. The first-order chi connectivity index (χ1) is 14.4. The fourth-order valence-corrected chi connectivity index (χ4v) is 3.52. The molecule has 0 aliphatic rings. The first kappa shape index (κ1) is 18.9. The van der Waals surface area contributed by atoms with Gasteiger partial charge in [-0.25, -0.2) is 9.59 Å². The molecule has 0 unspecified atom stereocenters. The quantitative estimate of drug-likeness (QED) is 0.399. The van der Waals surface area contributed by atoms with Gasteiger partial charge in [0.15, 0.2) is 0 Å². The topological polar surface area (TPSA) is 151 Å². The number of carboxylic acids is 2. The molecule has 0 atom stereocenters.